The average molecular weight is 476 g/mol. The van der Waals surface area contributed by atoms with Gasteiger partial charge in [0.05, 0.1) is 17.9 Å². The van der Waals surface area contributed by atoms with Gasteiger partial charge in [-0.2, -0.15) is 0 Å². The highest BCUT2D eigenvalue weighted by Gasteiger charge is 2.32. The Bertz CT molecular complexity index is 1010. The molecule has 0 bridgehead atoms. The largest absolute Gasteiger partial charge is 0.489 e. The van der Waals surface area contributed by atoms with Gasteiger partial charge in [-0.1, -0.05) is 72.8 Å². The van der Waals surface area contributed by atoms with E-state index in [0.717, 1.165) is 17.5 Å². The highest BCUT2D eigenvalue weighted by Crippen LogP contribution is 2.33. The van der Waals surface area contributed by atoms with Gasteiger partial charge in [-0.25, -0.2) is 0 Å². The van der Waals surface area contributed by atoms with Crippen LogP contribution in [0.4, 0.5) is 0 Å². The minimum absolute atomic E-state index is 0.116. The fourth-order valence-corrected chi connectivity index (χ4v) is 4.30. The summed E-state index contributed by atoms with van der Waals surface area (Å²) in [6.07, 6.45) is 2.65. The van der Waals surface area contributed by atoms with Crippen LogP contribution in [0.1, 0.15) is 30.9 Å². The number of benzene rings is 2. The van der Waals surface area contributed by atoms with Gasteiger partial charge in [0.15, 0.2) is 0 Å². The molecule has 0 saturated carbocycles. The number of hydrogen-bond acceptors (Lipinski definition) is 6. The van der Waals surface area contributed by atoms with Crippen molar-refractivity contribution in [2.24, 2.45) is 0 Å². The van der Waals surface area contributed by atoms with Gasteiger partial charge in [-0.05, 0) is 36.3 Å². The quantitative estimate of drug-likeness (QED) is 0.272. The van der Waals surface area contributed by atoms with Crippen molar-refractivity contribution in [3.8, 4) is 5.75 Å². The summed E-state index contributed by atoms with van der Waals surface area (Å²) in [5.74, 6) is 0.131. The van der Waals surface area contributed by atoms with Crippen LogP contribution in [0.25, 0.3) is 6.08 Å². The number of nitrogens with zero attached hydrogens (tertiary/aromatic N) is 1. The maximum Gasteiger partial charge on any atom is 0.307 e. The second-order valence-corrected chi connectivity index (χ2v) is 8.84. The number of carbonyl (C=O) groups excluding carboxylic acids is 2. The second-order valence-electron chi connectivity index (χ2n) is 6.76. The Morgan fingerprint density at radius 3 is 2.81 bits per heavy atom. The number of amides is 1. The first-order valence-electron chi connectivity index (χ1n) is 9.85. The summed E-state index contributed by atoms with van der Waals surface area (Å²) in [7, 11) is 0. The van der Waals surface area contributed by atoms with Crippen molar-refractivity contribution in [1.29, 1.82) is 0 Å². The van der Waals surface area contributed by atoms with Crippen LogP contribution in [0.15, 0.2) is 53.4 Å². The lowest BCUT2D eigenvalue weighted by molar-refractivity contribution is -0.143. The van der Waals surface area contributed by atoms with Crippen LogP contribution in [-0.2, 0) is 20.9 Å². The number of halogens is 1. The standard InChI is InChI=1S/C23H22ClNO4S2/c1-2-12-28-21(26)10-11-25-22(27)20(31-23(25)30)14-16-6-5-8-18(13-16)29-15-17-7-3-4-9-19(17)24/h3-9,13-14H,2,10-12,15H2,1H3/b20-14+. The lowest BCUT2D eigenvalue weighted by Crippen LogP contribution is -2.30. The van der Waals surface area contributed by atoms with E-state index in [0.29, 0.717) is 33.2 Å². The Morgan fingerprint density at radius 2 is 2.03 bits per heavy atom. The third kappa shape index (κ3) is 6.56. The van der Waals surface area contributed by atoms with Gasteiger partial charge in [0.2, 0.25) is 0 Å². The number of ether oxygens (including phenoxy) is 2. The van der Waals surface area contributed by atoms with E-state index in [1.54, 1.807) is 6.08 Å². The molecule has 0 unspecified atom stereocenters. The van der Waals surface area contributed by atoms with Crippen molar-refractivity contribution in [3.05, 3.63) is 69.6 Å². The summed E-state index contributed by atoms with van der Waals surface area (Å²) in [5.41, 5.74) is 1.72. The Kier molecular flexibility index (Phi) is 8.51. The molecular formula is C23H22ClNO4S2. The molecule has 1 saturated heterocycles. The lowest BCUT2D eigenvalue weighted by atomic mass is 10.2. The van der Waals surface area contributed by atoms with E-state index >= 15 is 0 Å². The molecule has 2 aromatic carbocycles. The number of thiocarbonyl (C=S) groups is 1. The molecular weight excluding hydrogens is 454 g/mol. The number of carbonyl (C=O) groups is 2. The van der Waals surface area contributed by atoms with Crippen molar-refractivity contribution in [3.63, 3.8) is 0 Å². The number of hydrogen-bond donors (Lipinski definition) is 0. The first-order chi connectivity index (χ1) is 15.0. The zero-order valence-corrected chi connectivity index (χ0v) is 19.4. The van der Waals surface area contributed by atoms with Gasteiger partial charge in [-0.15, -0.1) is 0 Å². The molecule has 162 valence electrons. The van der Waals surface area contributed by atoms with Crippen LogP contribution >= 0.6 is 35.6 Å². The molecule has 3 rings (SSSR count). The first-order valence-corrected chi connectivity index (χ1v) is 11.5. The van der Waals surface area contributed by atoms with Crippen LogP contribution in [0.2, 0.25) is 5.02 Å². The molecule has 1 fully saturated rings. The average Bonchev–Trinajstić information content (AvgIpc) is 3.02. The maximum absolute atomic E-state index is 12.7. The van der Waals surface area contributed by atoms with Crippen molar-refractivity contribution in [1.82, 2.24) is 4.90 Å². The van der Waals surface area contributed by atoms with Crippen molar-refractivity contribution >= 4 is 57.9 Å². The second kappa shape index (κ2) is 11.3. The summed E-state index contributed by atoms with van der Waals surface area (Å²) in [6.45, 7) is 2.87. The Labute approximate surface area is 196 Å². The Balaban J connectivity index is 1.63. The Morgan fingerprint density at radius 1 is 1.23 bits per heavy atom. The molecule has 0 N–H and O–H groups in total. The van der Waals surface area contributed by atoms with Crippen molar-refractivity contribution in [2.75, 3.05) is 13.2 Å². The minimum atomic E-state index is -0.330. The van der Waals surface area contributed by atoms with E-state index in [1.165, 1.54) is 16.7 Å². The van der Waals surface area contributed by atoms with E-state index in [2.05, 4.69) is 0 Å². The molecule has 1 aliphatic rings. The molecule has 1 heterocycles. The van der Waals surface area contributed by atoms with Gasteiger partial charge in [0.25, 0.3) is 5.91 Å². The molecule has 1 amide bonds. The topological polar surface area (TPSA) is 55.8 Å². The highest BCUT2D eigenvalue weighted by atomic mass is 35.5. The van der Waals surface area contributed by atoms with E-state index in [1.807, 2.05) is 55.5 Å². The van der Waals surface area contributed by atoms with Crippen molar-refractivity contribution < 1.29 is 19.1 Å². The van der Waals surface area contributed by atoms with Gasteiger partial charge >= 0.3 is 5.97 Å². The van der Waals surface area contributed by atoms with Crippen LogP contribution in [0.5, 0.6) is 5.75 Å². The zero-order chi connectivity index (χ0) is 22.2. The monoisotopic (exact) mass is 475 g/mol. The van der Waals surface area contributed by atoms with E-state index in [9.17, 15) is 9.59 Å². The van der Waals surface area contributed by atoms with Crippen LogP contribution in [0, 0.1) is 0 Å². The number of rotatable bonds is 9. The summed E-state index contributed by atoms with van der Waals surface area (Å²) in [4.78, 5) is 26.4. The molecule has 1 aliphatic heterocycles. The molecule has 0 aromatic heterocycles. The molecule has 5 nitrogen and oxygen atoms in total. The molecule has 8 heteroatoms. The van der Waals surface area contributed by atoms with Gasteiger partial charge < -0.3 is 9.47 Å². The molecule has 0 radical (unpaired) electrons. The zero-order valence-electron chi connectivity index (χ0n) is 17.0. The fraction of sp³-hybridized carbons (Fsp3) is 0.261. The maximum atomic E-state index is 12.7. The third-order valence-corrected chi connectivity index (χ3v) is 6.13. The van der Waals surface area contributed by atoms with E-state index < -0.39 is 0 Å². The molecule has 0 atom stereocenters. The number of esters is 1. The predicted molar refractivity (Wildman–Crippen MR) is 128 cm³/mol. The number of thioether (sulfide) groups is 1. The van der Waals surface area contributed by atoms with E-state index in [-0.39, 0.29) is 24.8 Å². The van der Waals surface area contributed by atoms with Gasteiger partial charge in [-0.3, -0.25) is 14.5 Å². The SMILES string of the molecule is CCCOC(=O)CCN1C(=O)/C(=C\c2cccc(OCc3ccccc3Cl)c2)SC1=S. The minimum Gasteiger partial charge on any atom is -0.489 e. The predicted octanol–water partition coefficient (Wildman–Crippen LogP) is 5.46. The molecule has 2 aromatic rings. The molecule has 31 heavy (non-hydrogen) atoms. The fourth-order valence-electron chi connectivity index (χ4n) is 2.81. The van der Waals surface area contributed by atoms with Crippen LogP contribution in [0.3, 0.4) is 0 Å². The van der Waals surface area contributed by atoms with Gasteiger partial charge in [0.1, 0.15) is 16.7 Å². The van der Waals surface area contributed by atoms with Crippen LogP contribution in [-0.4, -0.2) is 34.2 Å². The van der Waals surface area contributed by atoms with E-state index in [4.69, 9.17) is 33.3 Å². The third-order valence-electron chi connectivity index (χ3n) is 4.39. The van der Waals surface area contributed by atoms with Crippen LogP contribution < -0.4 is 4.74 Å². The van der Waals surface area contributed by atoms with Gasteiger partial charge in [0, 0.05) is 17.1 Å². The highest BCUT2D eigenvalue weighted by molar-refractivity contribution is 8.26. The smallest absolute Gasteiger partial charge is 0.307 e. The summed E-state index contributed by atoms with van der Waals surface area (Å²) >= 11 is 12.7. The summed E-state index contributed by atoms with van der Waals surface area (Å²) in [6, 6.07) is 15.0. The summed E-state index contributed by atoms with van der Waals surface area (Å²) < 4.78 is 11.3. The lowest BCUT2D eigenvalue weighted by Gasteiger charge is -2.13. The first kappa shape index (κ1) is 23.3. The summed E-state index contributed by atoms with van der Waals surface area (Å²) in [5, 5.41) is 0.654. The normalized spacial score (nSPS) is 14.9. The van der Waals surface area contributed by atoms with Crippen molar-refractivity contribution in [2.45, 2.75) is 26.4 Å². The molecule has 0 aliphatic carbocycles. The molecule has 0 spiro atoms. The Hall–Kier alpha value is -2.35.